The van der Waals surface area contributed by atoms with Gasteiger partial charge in [-0.05, 0) is 44.2 Å². The monoisotopic (exact) mass is 424 g/mol. The molecule has 1 fully saturated rings. The second-order valence-corrected chi connectivity index (χ2v) is 8.84. The molecular weight excluding hydrogens is 404 g/mol. The van der Waals surface area contributed by atoms with Crippen LogP contribution in [0, 0.1) is 18.3 Å². The van der Waals surface area contributed by atoms with Gasteiger partial charge in [-0.3, -0.25) is 4.79 Å². The lowest BCUT2D eigenvalue weighted by molar-refractivity contribution is 0.0372. The van der Waals surface area contributed by atoms with Crippen LogP contribution in [0.5, 0.6) is 5.88 Å². The van der Waals surface area contributed by atoms with Crippen LogP contribution in [0.15, 0.2) is 35.3 Å². The molecule has 1 saturated heterocycles. The highest BCUT2D eigenvalue weighted by Gasteiger charge is 2.32. The number of thiazole rings is 1. The molecule has 8 heteroatoms. The van der Waals surface area contributed by atoms with Crippen LogP contribution in [0.2, 0.25) is 0 Å². The topological polar surface area (TPSA) is 79.1 Å². The Labute approximate surface area is 177 Å². The Morgan fingerprint density at radius 3 is 2.86 bits per heavy atom. The maximum Gasteiger partial charge on any atom is 0.255 e. The maximum atomic E-state index is 13.3. The van der Waals surface area contributed by atoms with E-state index in [2.05, 4.69) is 23.0 Å². The molecule has 29 heavy (non-hydrogen) atoms. The van der Waals surface area contributed by atoms with Gasteiger partial charge in [0.2, 0.25) is 5.88 Å². The molecule has 0 N–H and O–H groups in total. The number of thiophene rings is 1. The zero-order chi connectivity index (χ0) is 20.4. The molecule has 3 aromatic heterocycles. The van der Waals surface area contributed by atoms with Crippen molar-refractivity contribution in [3.05, 3.63) is 52.0 Å². The first kappa shape index (κ1) is 19.6. The number of nitrogens with zero attached hydrogens (tertiary/aromatic N) is 4. The van der Waals surface area contributed by atoms with Gasteiger partial charge in [0.25, 0.3) is 5.91 Å². The number of rotatable bonds is 4. The van der Waals surface area contributed by atoms with Gasteiger partial charge in [-0.15, -0.1) is 22.7 Å². The van der Waals surface area contributed by atoms with Gasteiger partial charge in [-0.25, -0.2) is 9.97 Å². The summed E-state index contributed by atoms with van der Waals surface area (Å²) in [4.78, 5) is 24.8. The SMILES string of the molecule is Cc1c(C#N)ccnc1OC1CC[C@@H](C)N(C(=O)c2ccsc2-c2nccs2)C1. The van der Waals surface area contributed by atoms with Gasteiger partial charge in [0, 0.05) is 29.4 Å². The van der Waals surface area contributed by atoms with Crippen LogP contribution in [0.3, 0.4) is 0 Å². The van der Waals surface area contributed by atoms with Crippen molar-refractivity contribution in [2.45, 2.75) is 38.8 Å². The van der Waals surface area contributed by atoms with Crippen LogP contribution in [0.1, 0.15) is 41.3 Å². The fraction of sp³-hybridized carbons (Fsp3) is 0.333. The van der Waals surface area contributed by atoms with E-state index in [1.807, 2.05) is 28.7 Å². The number of carbonyl (C=O) groups excluding carboxylic acids is 1. The molecule has 4 heterocycles. The molecular formula is C21H20N4O2S2. The molecule has 3 aromatic rings. The minimum absolute atomic E-state index is 0.00714. The van der Waals surface area contributed by atoms with Gasteiger partial charge in [0.1, 0.15) is 11.1 Å². The van der Waals surface area contributed by atoms with Crippen LogP contribution < -0.4 is 4.74 Å². The summed E-state index contributed by atoms with van der Waals surface area (Å²) in [5.41, 5.74) is 1.98. The van der Waals surface area contributed by atoms with Crippen molar-refractivity contribution in [1.82, 2.24) is 14.9 Å². The predicted molar refractivity (Wildman–Crippen MR) is 113 cm³/mol. The van der Waals surface area contributed by atoms with E-state index in [9.17, 15) is 10.1 Å². The Balaban J connectivity index is 1.54. The largest absolute Gasteiger partial charge is 0.472 e. The number of ether oxygens (including phenoxy) is 1. The van der Waals surface area contributed by atoms with Crippen LogP contribution in [-0.4, -0.2) is 39.5 Å². The highest BCUT2D eigenvalue weighted by atomic mass is 32.1. The third-order valence-corrected chi connectivity index (χ3v) is 7.02. The summed E-state index contributed by atoms with van der Waals surface area (Å²) in [6.07, 6.45) is 4.88. The molecule has 0 radical (unpaired) electrons. The number of piperidine rings is 1. The van der Waals surface area contributed by atoms with E-state index in [0.717, 1.165) is 28.3 Å². The molecule has 2 atom stereocenters. The molecule has 6 nitrogen and oxygen atoms in total. The van der Waals surface area contributed by atoms with E-state index < -0.39 is 0 Å². The average Bonchev–Trinajstić information content (AvgIpc) is 3.42. The van der Waals surface area contributed by atoms with E-state index in [1.54, 1.807) is 18.5 Å². The lowest BCUT2D eigenvalue weighted by Gasteiger charge is -2.38. The van der Waals surface area contributed by atoms with Gasteiger partial charge in [0.05, 0.1) is 28.6 Å². The number of nitriles is 1. The first-order valence-corrected chi connectivity index (χ1v) is 11.1. The van der Waals surface area contributed by atoms with Crippen molar-refractivity contribution in [1.29, 1.82) is 5.26 Å². The third kappa shape index (κ3) is 3.88. The highest BCUT2D eigenvalue weighted by Crippen LogP contribution is 2.33. The van der Waals surface area contributed by atoms with E-state index in [4.69, 9.17) is 4.74 Å². The number of amides is 1. The van der Waals surface area contributed by atoms with Gasteiger partial charge in [0.15, 0.2) is 0 Å². The number of aromatic nitrogens is 2. The molecule has 0 spiro atoms. The number of hydrogen-bond acceptors (Lipinski definition) is 7. The van der Waals surface area contributed by atoms with Crippen molar-refractivity contribution >= 4 is 28.6 Å². The molecule has 4 rings (SSSR count). The maximum absolute atomic E-state index is 13.3. The predicted octanol–water partition coefficient (Wildman–Crippen LogP) is 4.52. The molecule has 1 aliphatic rings. The Bertz CT molecular complexity index is 1060. The second-order valence-electron chi connectivity index (χ2n) is 7.02. The standard InChI is InChI=1S/C21H20N4O2S2/c1-13-3-4-16(27-19-14(2)15(11-22)5-7-23-19)12-25(13)21(26)17-6-9-28-18(17)20-24-8-10-29-20/h5-10,13,16H,3-4,12H2,1-2H3/t13-,16?/m1/s1. The molecule has 148 valence electrons. The fourth-order valence-electron chi connectivity index (χ4n) is 3.50. The first-order chi connectivity index (χ1) is 14.1. The van der Waals surface area contributed by atoms with Gasteiger partial charge >= 0.3 is 0 Å². The molecule has 0 saturated carbocycles. The van der Waals surface area contributed by atoms with Crippen molar-refractivity contribution < 1.29 is 9.53 Å². The number of hydrogen-bond donors (Lipinski definition) is 0. The van der Waals surface area contributed by atoms with Gasteiger partial charge in [-0.1, -0.05) is 0 Å². The summed E-state index contributed by atoms with van der Waals surface area (Å²) in [7, 11) is 0. The summed E-state index contributed by atoms with van der Waals surface area (Å²) in [6.45, 7) is 4.40. The summed E-state index contributed by atoms with van der Waals surface area (Å²) < 4.78 is 6.11. The number of carbonyl (C=O) groups is 1. The minimum atomic E-state index is -0.155. The Kier molecular flexibility index (Phi) is 5.60. The molecule has 0 aliphatic carbocycles. The number of likely N-dealkylation sites (tertiary alicyclic amines) is 1. The summed E-state index contributed by atoms with van der Waals surface area (Å²) in [6, 6.07) is 5.84. The Morgan fingerprint density at radius 1 is 1.24 bits per heavy atom. The van der Waals surface area contributed by atoms with Gasteiger partial charge in [-0.2, -0.15) is 5.26 Å². The molecule has 1 amide bonds. The zero-order valence-corrected chi connectivity index (χ0v) is 17.8. The summed E-state index contributed by atoms with van der Waals surface area (Å²) >= 11 is 3.08. The molecule has 0 aromatic carbocycles. The summed E-state index contributed by atoms with van der Waals surface area (Å²) in [5, 5.41) is 13.9. The van der Waals surface area contributed by atoms with Crippen LogP contribution in [0.25, 0.3) is 9.88 Å². The smallest absolute Gasteiger partial charge is 0.255 e. The van der Waals surface area contributed by atoms with Crippen molar-refractivity contribution in [2.24, 2.45) is 0 Å². The quantitative estimate of drug-likeness (QED) is 0.615. The lowest BCUT2D eigenvalue weighted by atomic mass is 10.00. The minimum Gasteiger partial charge on any atom is -0.472 e. The normalized spacial score (nSPS) is 19.0. The molecule has 0 bridgehead atoms. The van der Waals surface area contributed by atoms with Crippen LogP contribution in [0.4, 0.5) is 0 Å². The third-order valence-electron chi connectivity index (χ3n) is 5.18. The van der Waals surface area contributed by atoms with Crippen molar-refractivity contribution in [3.63, 3.8) is 0 Å². The molecule has 1 unspecified atom stereocenters. The van der Waals surface area contributed by atoms with Crippen LogP contribution >= 0.6 is 22.7 Å². The Morgan fingerprint density at radius 2 is 2.10 bits per heavy atom. The average molecular weight is 425 g/mol. The molecule has 1 aliphatic heterocycles. The van der Waals surface area contributed by atoms with Crippen molar-refractivity contribution in [2.75, 3.05) is 6.54 Å². The van der Waals surface area contributed by atoms with E-state index in [1.165, 1.54) is 22.7 Å². The van der Waals surface area contributed by atoms with Gasteiger partial charge < -0.3 is 9.64 Å². The Hall–Kier alpha value is -2.76. The first-order valence-electron chi connectivity index (χ1n) is 9.39. The summed E-state index contributed by atoms with van der Waals surface area (Å²) in [5.74, 6) is 0.475. The second kappa shape index (κ2) is 8.31. The fourth-order valence-corrected chi connectivity index (χ4v) is 5.15. The zero-order valence-electron chi connectivity index (χ0n) is 16.2. The highest BCUT2D eigenvalue weighted by molar-refractivity contribution is 7.20. The van der Waals surface area contributed by atoms with E-state index in [-0.39, 0.29) is 18.1 Å². The lowest BCUT2D eigenvalue weighted by Crippen LogP contribution is -2.49. The van der Waals surface area contributed by atoms with E-state index in [0.29, 0.717) is 23.6 Å². The van der Waals surface area contributed by atoms with E-state index >= 15 is 0 Å². The van der Waals surface area contributed by atoms with Crippen LogP contribution in [-0.2, 0) is 0 Å². The number of pyridine rings is 1. The van der Waals surface area contributed by atoms with Crippen molar-refractivity contribution in [3.8, 4) is 21.8 Å².